The van der Waals surface area contributed by atoms with Crippen molar-refractivity contribution in [2.45, 2.75) is 37.4 Å². The topological polar surface area (TPSA) is 49.4 Å². The number of piperidine rings is 1. The maximum absolute atomic E-state index is 12.7. The van der Waals surface area contributed by atoms with Crippen LogP contribution in [0.3, 0.4) is 0 Å². The molecular weight excluding hydrogens is 360 g/mol. The van der Waals surface area contributed by atoms with E-state index in [1.165, 1.54) is 11.3 Å². The Hall–Kier alpha value is 0.0500. The number of halogens is 1. The van der Waals surface area contributed by atoms with E-state index in [1.807, 2.05) is 6.92 Å². The Morgan fingerprint density at radius 1 is 1.55 bits per heavy atom. The number of nitrogens with one attached hydrogen (secondary N) is 1. The molecule has 0 aromatic carbocycles. The molecule has 0 saturated carbocycles. The smallest absolute Gasteiger partial charge is 0.252 e. The highest BCUT2D eigenvalue weighted by Crippen LogP contribution is 2.33. The van der Waals surface area contributed by atoms with Crippen molar-refractivity contribution in [1.29, 1.82) is 0 Å². The summed E-state index contributed by atoms with van der Waals surface area (Å²) in [5.41, 5.74) is 0.976. The molecule has 2 heterocycles. The van der Waals surface area contributed by atoms with Crippen molar-refractivity contribution in [2.24, 2.45) is 5.92 Å². The van der Waals surface area contributed by atoms with Gasteiger partial charge in [0.15, 0.2) is 0 Å². The van der Waals surface area contributed by atoms with Gasteiger partial charge in [-0.1, -0.05) is 13.8 Å². The summed E-state index contributed by atoms with van der Waals surface area (Å²) in [4.78, 5) is 0. The minimum absolute atomic E-state index is 0.336. The summed E-state index contributed by atoms with van der Waals surface area (Å²) < 4.78 is 28.3. The molecule has 2 rings (SSSR count). The Balaban J connectivity index is 2.16. The van der Waals surface area contributed by atoms with Crippen LogP contribution in [-0.4, -0.2) is 38.4 Å². The van der Waals surface area contributed by atoms with E-state index in [9.17, 15) is 8.42 Å². The zero-order chi connectivity index (χ0) is 14.9. The van der Waals surface area contributed by atoms with Gasteiger partial charge in [0, 0.05) is 19.1 Å². The van der Waals surface area contributed by atoms with Crippen LogP contribution >= 0.6 is 27.3 Å². The van der Waals surface area contributed by atoms with Gasteiger partial charge in [-0.15, -0.1) is 11.3 Å². The van der Waals surface area contributed by atoms with Crippen LogP contribution in [0.2, 0.25) is 0 Å². The minimum atomic E-state index is -3.34. The van der Waals surface area contributed by atoms with Crippen molar-refractivity contribution in [3.63, 3.8) is 0 Å². The number of hydrogen-bond donors (Lipinski definition) is 1. The molecule has 0 aliphatic carbocycles. The summed E-state index contributed by atoms with van der Waals surface area (Å²) in [6, 6.07) is 2.17. The van der Waals surface area contributed by atoms with Crippen molar-refractivity contribution in [3.05, 3.63) is 15.4 Å². The molecule has 1 fully saturated rings. The lowest BCUT2D eigenvalue weighted by Crippen LogP contribution is -2.49. The van der Waals surface area contributed by atoms with E-state index in [2.05, 4.69) is 35.1 Å². The average Bonchev–Trinajstić information content (AvgIpc) is 2.73. The fraction of sp³-hybridized carbons (Fsp3) is 0.692. The third-order valence-electron chi connectivity index (χ3n) is 3.76. The van der Waals surface area contributed by atoms with Gasteiger partial charge >= 0.3 is 0 Å². The molecule has 0 bridgehead atoms. The monoisotopic (exact) mass is 380 g/mol. The summed E-state index contributed by atoms with van der Waals surface area (Å²) in [6.07, 6.45) is 0.875. The summed E-state index contributed by atoms with van der Waals surface area (Å²) in [5.74, 6) is 0.336. The second kappa shape index (κ2) is 6.44. The maximum Gasteiger partial charge on any atom is 0.252 e. The van der Waals surface area contributed by atoms with Crippen LogP contribution in [0, 0.1) is 12.8 Å². The minimum Gasteiger partial charge on any atom is -0.314 e. The van der Waals surface area contributed by atoms with Crippen LogP contribution < -0.4 is 5.32 Å². The summed E-state index contributed by atoms with van der Waals surface area (Å²) in [7, 11) is -3.34. The zero-order valence-electron chi connectivity index (χ0n) is 12.0. The molecule has 0 spiro atoms. The molecule has 1 saturated heterocycles. The van der Waals surface area contributed by atoms with Crippen molar-refractivity contribution < 1.29 is 8.42 Å². The van der Waals surface area contributed by atoms with Crippen molar-refractivity contribution in [2.75, 3.05) is 19.6 Å². The van der Waals surface area contributed by atoms with Gasteiger partial charge < -0.3 is 5.32 Å². The molecule has 7 heteroatoms. The Morgan fingerprint density at radius 2 is 2.25 bits per heavy atom. The van der Waals surface area contributed by atoms with Gasteiger partial charge in [0.25, 0.3) is 10.0 Å². The number of sulfonamides is 1. The molecule has 2 atom stereocenters. The molecule has 2 unspecified atom stereocenters. The predicted octanol–water partition coefficient (Wildman–Crippen LogP) is 2.83. The van der Waals surface area contributed by atoms with Gasteiger partial charge in [0.05, 0.1) is 3.79 Å². The fourth-order valence-corrected chi connectivity index (χ4v) is 6.51. The van der Waals surface area contributed by atoms with Crippen LogP contribution in [0.25, 0.3) is 0 Å². The van der Waals surface area contributed by atoms with Crippen LogP contribution in [0.15, 0.2) is 14.1 Å². The second-order valence-corrected chi connectivity index (χ2v) is 9.85. The number of rotatable bonds is 4. The molecule has 114 valence electrons. The highest BCUT2D eigenvalue weighted by atomic mass is 79.9. The Kier molecular flexibility index (Phi) is 5.29. The molecule has 0 amide bonds. The van der Waals surface area contributed by atoms with Crippen LogP contribution in [-0.2, 0) is 10.0 Å². The second-order valence-electron chi connectivity index (χ2n) is 5.32. The molecule has 1 aliphatic rings. The number of nitrogens with zero attached hydrogens (tertiary/aromatic N) is 1. The molecule has 1 aromatic rings. The van der Waals surface area contributed by atoms with Gasteiger partial charge in [-0.05, 0) is 53.4 Å². The van der Waals surface area contributed by atoms with Crippen LogP contribution in [0.1, 0.15) is 25.8 Å². The van der Waals surface area contributed by atoms with Crippen molar-refractivity contribution in [1.82, 2.24) is 9.62 Å². The SMILES string of the molecule is CCNC1CCN(S(=O)(=O)c2cc(C)c(Br)s2)CC1C. The fourth-order valence-electron chi connectivity index (χ4n) is 2.58. The largest absolute Gasteiger partial charge is 0.314 e. The normalized spacial score (nSPS) is 25.0. The highest BCUT2D eigenvalue weighted by Gasteiger charge is 2.34. The Morgan fingerprint density at radius 3 is 2.75 bits per heavy atom. The lowest BCUT2D eigenvalue weighted by Gasteiger charge is -2.36. The first-order valence-electron chi connectivity index (χ1n) is 6.85. The number of aryl methyl sites for hydroxylation is 1. The summed E-state index contributed by atoms with van der Waals surface area (Å²) in [6.45, 7) is 8.23. The van der Waals surface area contributed by atoms with Gasteiger partial charge in [-0.25, -0.2) is 8.42 Å². The quantitative estimate of drug-likeness (QED) is 0.873. The molecule has 1 aromatic heterocycles. The van der Waals surface area contributed by atoms with E-state index in [1.54, 1.807) is 10.4 Å². The molecular formula is C13H21BrN2O2S2. The summed E-state index contributed by atoms with van der Waals surface area (Å²) in [5, 5.41) is 3.43. The first-order valence-corrected chi connectivity index (χ1v) is 9.90. The van der Waals surface area contributed by atoms with E-state index in [0.29, 0.717) is 29.3 Å². The molecule has 4 nitrogen and oxygen atoms in total. The number of hydrogen-bond acceptors (Lipinski definition) is 4. The lowest BCUT2D eigenvalue weighted by molar-refractivity contribution is 0.223. The van der Waals surface area contributed by atoms with Crippen molar-refractivity contribution >= 4 is 37.3 Å². The molecule has 1 N–H and O–H groups in total. The molecule has 20 heavy (non-hydrogen) atoms. The Bertz CT molecular complexity index is 551. The van der Waals surface area contributed by atoms with Crippen LogP contribution in [0.4, 0.5) is 0 Å². The first kappa shape index (κ1) is 16.4. The van der Waals surface area contributed by atoms with Gasteiger partial charge in [0.1, 0.15) is 4.21 Å². The number of thiophene rings is 1. The van der Waals surface area contributed by atoms with E-state index in [4.69, 9.17) is 0 Å². The van der Waals surface area contributed by atoms with Crippen LogP contribution in [0.5, 0.6) is 0 Å². The van der Waals surface area contributed by atoms with E-state index < -0.39 is 10.0 Å². The standard InChI is InChI=1S/C13H21BrN2O2S2/c1-4-15-11-5-6-16(8-10(11)3)20(17,18)12-7-9(2)13(14)19-12/h7,10-11,15H,4-6,8H2,1-3H3. The zero-order valence-corrected chi connectivity index (χ0v) is 15.2. The third-order valence-corrected chi connectivity index (χ3v) is 8.21. The van der Waals surface area contributed by atoms with Gasteiger partial charge in [0.2, 0.25) is 0 Å². The van der Waals surface area contributed by atoms with E-state index in [-0.39, 0.29) is 0 Å². The predicted molar refractivity (Wildman–Crippen MR) is 86.8 cm³/mol. The van der Waals surface area contributed by atoms with Crippen molar-refractivity contribution in [3.8, 4) is 0 Å². The highest BCUT2D eigenvalue weighted by molar-refractivity contribution is 9.11. The molecule has 1 aliphatic heterocycles. The maximum atomic E-state index is 12.7. The van der Waals surface area contributed by atoms with E-state index in [0.717, 1.165) is 22.3 Å². The van der Waals surface area contributed by atoms with Gasteiger partial charge in [-0.2, -0.15) is 4.31 Å². The third kappa shape index (κ3) is 3.27. The summed E-state index contributed by atoms with van der Waals surface area (Å²) >= 11 is 4.70. The van der Waals surface area contributed by atoms with E-state index >= 15 is 0 Å². The lowest BCUT2D eigenvalue weighted by atomic mass is 9.95. The molecule has 0 radical (unpaired) electrons. The first-order chi connectivity index (χ1) is 9.36. The Labute approximate surface area is 133 Å². The average molecular weight is 381 g/mol. The van der Waals surface area contributed by atoms with Gasteiger partial charge in [-0.3, -0.25) is 0 Å².